The molecule has 3 atom stereocenters. The number of aromatic nitrogens is 3. The summed E-state index contributed by atoms with van der Waals surface area (Å²) < 4.78 is 0. The van der Waals surface area contributed by atoms with Crippen molar-refractivity contribution in [1.29, 1.82) is 0 Å². The maximum Gasteiger partial charge on any atom is 0.160 e. The fourth-order valence-electron chi connectivity index (χ4n) is 8.56. The van der Waals surface area contributed by atoms with Gasteiger partial charge in [-0.05, 0) is 93.4 Å². The monoisotopic (exact) mass is 730 g/mol. The molecule has 270 valence electrons. The Kier molecular flexibility index (Phi) is 8.13. The minimum absolute atomic E-state index is 0.205. The molecule has 2 aliphatic carbocycles. The average molecular weight is 731 g/mol. The third-order valence-corrected chi connectivity index (χ3v) is 11.7. The van der Waals surface area contributed by atoms with E-state index in [0.717, 1.165) is 62.6 Å². The van der Waals surface area contributed by atoms with Gasteiger partial charge in [0, 0.05) is 40.3 Å². The fourth-order valence-corrected chi connectivity index (χ4v) is 8.56. The lowest BCUT2D eigenvalue weighted by atomic mass is 9.80. The smallest absolute Gasteiger partial charge is 0.160 e. The van der Waals surface area contributed by atoms with Crippen LogP contribution in [0.1, 0.15) is 41.0 Å². The molecule has 4 nitrogen and oxygen atoms in total. The van der Waals surface area contributed by atoms with Crippen molar-refractivity contribution < 1.29 is 0 Å². The molecular formula is C53H38N4. The van der Waals surface area contributed by atoms with Crippen LogP contribution < -0.4 is 0 Å². The van der Waals surface area contributed by atoms with Crippen LogP contribution in [0.25, 0.3) is 73.1 Å². The van der Waals surface area contributed by atoms with Crippen LogP contribution in [0.2, 0.25) is 0 Å². The molecule has 8 aromatic rings. The fraction of sp³-hybridized carbons (Fsp3) is 0.0943. The van der Waals surface area contributed by atoms with Gasteiger partial charge in [0.05, 0.1) is 28.8 Å². The summed E-state index contributed by atoms with van der Waals surface area (Å²) in [6.45, 7) is 0. The third-order valence-electron chi connectivity index (χ3n) is 11.7. The Labute approximate surface area is 332 Å². The Morgan fingerprint density at radius 3 is 2.02 bits per heavy atom. The van der Waals surface area contributed by atoms with Crippen molar-refractivity contribution >= 4 is 22.6 Å². The molecule has 1 aliphatic heterocycles. The predicted octanol–water partition coefficient (Wildman–Crippen LogP) is 12.7. The van der Waals surface area contributed by atoms with Crippen molar-refractivity contribution in [2.45, 2.75) is 24.8 Å². The number of benzene rings is 6. The van der Waals surface area contributed by atoms with Gasteiger partial charge in [0.1, 0.15) is 0 Å². The molecule has 2 aromatic heterocycles. The highest BCUT2D eigenvalue weighted by Gasteiger charge is 2.37. The van der Waals surface area contributed by atoms with Gasteiger partial charge in [0.15, 0.2) is 5.82 Å². The zero-order chi connectivity index (χ0) is 37.7. The number of hydrogen-bond acceptors (Lipinski definition) is 4. The van der Waals surface area contributed by atoms with Gasteiger partial charge in [-0.15, -0.1) is 0 Å². The van der Waals surface area contributed by atoms with Gasteiger partial charge in [-0.1, -0.05) is 146 Å². The Morgan fingerprint density at radius 1 is 0.526 bits per heavy atom. The largest absolute Gasteiger partial charge is 0.281 e. The molecule has 0 bridgehead atoms. The molecule has 0 radical (unpaired) electrons. The zero-order valence-corrected chi connectivity index (χ0v) is 31.3. The third kappa shape index (κ3) is 6.39. The van der Waals surface area contributed by atoms with E-state index in [4.69, 9.17) is 15.0 Å². The second kappa shape index (κ2) is 13.9. The minimum Gasteiger partial charge on any atom is -0.281 e. The molecule has 6 aromatic carbocycles. The quantitative estimate of drug-likeness (QED) is 0.164. The van der Waals surface area contributed by atoms with E-state index in [1.807, 2.05) is 24.4 Å². The first kappa shape index (κ1) is 33.3. The number of aliphatic imine (C=N–C) groups is 1. The summed E-state index contributed by atoms with van der Waals surface area (Å²) in [5, 5.41) is 2.45. The molecule has 11 rings (SSSR count). The van der Waals surface area contributed by atoms with Gasteiger partial charge in [-0.3, -0.25) is 9.98 Å². The van der Waals surface area contributed by atoms with E-state index in [0.29, 0.717) is 17.8 Å². The minimum atomic E-state index is 0.205. The van der Waals surface area contributed by atoms with E-state index < -0.39 is 0 Å². The first-order chi connectivity index (χ1) is 28.2. The molecule has 0 N–H and O–H groups in total. The van der Waals surface area contributed by atoms with E-state index in [1.165, 1.54) is 39.4 Å². The van der Waals surface area contributed by atoms with Crippen molar-refractivity contribution in [3.8, 4) is 56.3 Å². The molecule has 0 saturated heterocycles. The molecule has 1 saturated carbocycles. The number of fused-ring (bicyclic) bond motifs is 3. The standard InChI is InChI=1S/C53H38N4/c1-3-13-44-34(9-1)11-7-15-46(44)41-29-42(47-16-8-12-35-10-2-4-14-45(35)47)31-43(30-41)53-56-51(38-22-18-36(19-23-38)48-17-5-6-28-54-48)33-52(57-53)39-24-20-37(21-25-39)49-27-26-40-32-50(40)55-49/h1-15,17-31,33,40,47,50H,16,32H2. The van der Waals surface area contributed by atoms with Gasteiger partial charge in [0.2, 0.25) is 0 Å². The maximum atomic E-state index is 5.37. The van der Waals surface area contributed by atoms with Crippen LogP contribution in [0.4, 0.5) is 0 Å². The second-order valence-electron chi connectivity index (χ2n) is 15.4. The van der Waals surface area contributed by atoms with E-state index in [1.54, 1.807) is 0 Å². The molecule has 3 aliphatic rings. The molecule has 3 unspecified atom stereocenters. The van der Waals surface area contributed by atoms with Crippen molar-refractivity contribution in [3.05, 3.63) is 204 Å². The molecule has 4 heteroatoms. The highest BCUT2D eigenvalue weighted by Crippen LogP contribution is 2.41. The summed E-state index contributed by atoms with van der Waals surface area (Å²) in [6.07, 6.45) is 13.0. The molecular weight excluding hydrogens is 693 g/mol. The number of hydrogen-bond donors (Lipinski definition) is 0. The second-order valence-corrected chi connectivity index (χ2v) is 15.4. The van der Waals surface area contributed by atoms with Crippen LogP contribution in [-0.4, -0.2) is 26.7 Å². The van der Waals surface area contributed by atoms with Crippen molar-refractivity contribution in [2.75, 3.05) is 0 Å². The topological polar surface area (TPSA) is 51.0 Å². The first-order valence-corrected chi connectivity index (χ1v) is 19.9. The van der Waals surface area contributed by atoms with Crippen molar-refractivity contribution in [1.82, 2.24) is 15.0 Å². The van der Waals surface area contributed by atoms with Crippen LogP contribution in [0.15, 0.2) is 187 Å². The predicted molar refractivity (Wildman–Crippen MR) is 234 cm³/mol. The summed E-state index contributed by atoms with van der Waals surface area (Å²) in [6, 6.07) is 56.8. The van der Waals surface area contributed by atoms with Gasteiger partial charge >= 0.3 is 0 Å². The highest BCUT2D eigenvalue weighted by atomic mass is 14.9. The van der Waals surface area contributed by atoms with Crippen LogP contribution >= 0.6 is 0 Å². The van der Waals surface area contributed by atoms with E-state index >= 15 is 0 Å². The van der Waals surface area contributed by atoms with Crippen LogP contribution in [0.5, 0.6) is 0 Å². The lowest BCUT2D eigenvalue weighted by Gasteiger charge is -2.24. The number of rotatable bonds is 7. The number of allylic oxidation sites excluding steroid dienone is 2. The average Bonchev–Trinajstić information content (AvgIpc) is 4.08. The van der Waals surface area contributed by atoms with E-state index in [9.17, 15) is 0 Å². The summed E-state index contributed by atoms with van der Waals surface area (Å²) >= 11 is 0. The Bertz CT molecular complexity index is 2900. The van der Waals surface area contributed by atoms with E-state index in [2.05, 4.69) is 169 Å². The van der Waals surface area contributed by atoms with Gasteiger partial charge < -0.3 is 0 Å². The van der Waals surface area contributed by atoms with Crippen LogP contribution in [0, 0.1) is 5.92 Å². The summed E-state index contributed by atoms with van der Waals surface area (Å²) in [4.78, 5) is 20.3. The normalized spacial score (nSPS) is 17.8. The number of nitrogens with zero attached hydrogens (tertiary/aromatic N) is 4. The summed E-state index contributed by atoms with van der Waals surface area (Å²) in [7, 11) is 0. The molecule has 1 fully saturated rings. The zero-order valence-electron chi connectivity index (χ0n) is 31.3. The Hall–Kier alpha value is -7.04. The lowest BCUT2D eigenvalue weighted by Crippen LogP contribution is -2.06. The first-order valence-electron chi connectivity index (χ1n) is 19.9. The van der Waals surface area contributed by atoms with Gasteiger partial charge in [-0.25, -0.2) is 9.97 Å². The van der Waals surface area contributed by atoms with Crippen molar-refractivity contribution in [2.24, 2.45) is 10.9 Å². The molecule has 3 heterocycles. The SMILES string of the molecule is C1=Cc2ccccc2C(c2cc(-c3nc(-c4ccc(C5=NC6CC6C=C5)cc4)cc(-c4ccc(-c5ccccn5)cc4)n3)cc(-c3cccc4ccccc34)c2)C1. The van der Waals surface area contributed by atoms with Gasteiger partial charge in [-0.2, -0.15) is 0 Å². The number of pyridine rings is 1. The van der Waals surface area contributed by atoms with Gasteiger partial charge in [0.25, 0.3) is 0 Å². The highest BCUT2D eigenvalue weighted by molar-refractivity contribution is 6.09. The summed E-state index contributed by atoms with van der Waals surface area (Å²) in [5.41, 5.74) is 15.2. The summed E-state index contributed by atoms with van der Waals surface area (Å²) in [5.74, 6) is 1.53. The van der Waals surface area contributed by atoms with E-state index in [-0.39, 0.29) is 5.92 Å². The Morgan fingerprint density at radius 2 is 1.23 bits per heavy atom. The molecule has 0 spiro atoms. The maximum absolute atomic E-state index is 5.37. The van der Waals surface area contributed by atoms with Crippen LogP contribution in [-0.2, 0) is 0 Å². The lowest BCUT2D eigenvalue weighted by molar-refractivity contribution is 0.820. The number of dihydropyridines is 1. The van der Waals surface area contributed by atoms with Crippen molar-refractivity contribution in [3.63, 3.8) is 0 Å². The van der Waals surface area contributed by atoms with Crippen LogP contribution in [0.3, 0.4) is 0 Å². The molecule has 57 heavy (non-hydrogen) atoms. The molecule has 0 amide bonds. The Balaban J connectivity index is 1.08.